The number of rotatable bonds is 6. The molecule has 0 radical (unpaired) electrons. The molecule has 94 valence electrons. The van der Waals surface area contributed by atoms with Crippen molar-refractivity contribution in [3.05, 3.63) is 48.5 Å². The molecule has 2 N–H and O–H groups in total. The van der Waals surface area contributed by atoms with Gasteiger partial charge >= 0.3 is 0 Å². The molecule has 5 heteroatoms. The summed E-state index contributed by atoms with van der Waals surface area (Å²) < 4.78 is 5.43. The van der Waals surface area contributed by atoms with E-state index in [1.54, 1.807) is 12.5 Å². The Kier molecular flexibility index (Phi) is 4.35. The molecule has 0 fully saturated rings. The monoisotopic (exact) mass is 245 g/mol. The molecule has 0 aliphatic heterocycles. The van der Waals surface area contributed by atoms with E-state index in [4.69, 9.17) is 4.74 Å². The number of aromatic nitrogens is 2. The van der Waals surface area contributed by atoms with Gasteiger partial charge in [0.15, 0.2) is 0 Å². The van der Waals surface area contributed by atoms with E-state index in [1.165, 1.54) is 0 Å². The van der Waals surface area contributed by atoms with E-state index in [1.807, 2.05) is 30.3 Å². The van der Waals surface area contributed by atoms with E-state index in [0.29, 0.717) is 19.6 Å². The van der Waals surface area contributed by atoms with Crippen molar-refractivity contribution in [1.82, 2.24) is 15.3 Å². The lowest BCUT2D eigenvalue weighted by atomic mass is 10.3. The van der Waals surface area contributed by atoms with Gasteiger partial charge in [-0.25, -0.2) is 4.98 Å². The molecule has 0 unspecified atom stereocenters. The molecule has 0 spiro atoms. The molecule has 0 aliphatic rings. The first kappa shape index (κ1) is 12.2. The van der Waals surface area contributed by atoms with Gasteiger partial charge in [-0.05, 0) is 12.1 Å². The Hall–Kier alpha value is -2.30. The van der Waals surface area contributed by atoms with Crippen LogP contribution in [0.2, 0.25) is 0 Å². The van der Waals surface area contributed by atoms with Crippen molar-refractivity contribution in [3.63, 3.8) is 0 Å². The van der Waals surface area contributed by atoms with Crippen molar-refractivity contribution < 1.29 is 9.53 Å². The lowest BCUT2D eigenvalue weighted by molar-refractivity contribution is -0.121. The molecular weight excluding hydrogens is 230 g/mol. The van der Waals surface area contributed by atoms with Gasteiger partial charge in [-0.3, -0.25) is 4.79 Å². The number of para-hydroxylation sites is 1. The summed E-state index contributed by atoms with van der Waals surface area (Å²) in [5.74, 6) is 0.736. The normalized spacial score (nSPS) is 10.0. The molecule has 0 atom stereocenters. The van der Waals surface area contributed by atoms with Gasteiger partial charge in [-0.2, -0.15) is 0 Å². The van der Waals surface area contributed by atoms with Crippen LogP contribution in [0.25, 0.3) is 0 Å². The molecule has 2 aromatic rings. The SMILES string of the molecule is O=C(CCOc1ccccc1)NCc1cnc[nH]1. The van der Waals surface area contributed by atoms with E-state index >= 15 is 0 Å². The highest BCUT2D eigenvalue weighted by molar-refractivity contribution is 5.75. The number of nitrogens with one attached hydrogen (secondary N) is 2. The zero-order valence-electron chi connectivity index (χ0n) is 9.93. The van der Waals surface area contributed by atoms with Crippen LogP contribution in [0, 0.1) is 0 Å². The van der Waals surface area contributed by atoms with Crippen molar-refractivity contribution >= 4 is 5.91 Å². The summed E-state index contributed by atoms with van der Waals surface area (Å²) in [6, 6.07) is 9.44. The van der Waals surface area contributed by atoms with Gasteiger partial charge in [0.25, 0.3) is 0 Å². The van der Waals surface area contributed by atoms with Crippen LogP contribution in [0.15, 0.2) is 42.9 Å². The second kappa shape index (κ2) is 6.44. The van der Waals surface area contributed by atoms with E-state index < -0.39 is 0 Å². The second-order valence-electron chi connectivity index (χ2n) is 3.77. The number of nitrogens with zero attached hydrogens (tertiary/aromatic N) is 1. The van der Waals surface area contributed by atoms with Gasteiger partial charge < -0.3 is 15.0 Å². The Morgan fingerprint density at radius 1 is 1.33 bits per heavy atom. The molecule has 0 saturated heterocycles. The molecule has 0 aliphatic carbocycles. The molecule has 1 aromatic carbocycles. The number of carbonyl (C=O) groups excluding carboxylic acids is 1. The number of ether oxygens (including phenoxy) is 1. The topological polar surface area (TPSA) is 67.0 Å². The van der Waals surface area contributed by atoms with E-state index in [9.17, 15) is 4.79 Å². The largest absolute Gasteiger partial charge is 0.493 e. The second-order valence-corrected chi connectivity index (χ2v) is 3.77. The van der Waals surface area contributed by atoms with Crippen molar-refractivity contribution in [2.75, 3.05) is 6.61 Å². The summed E-state index contributed by atoms with van der Waals surface area (Å²) in [4.78, 5) is 18.3. The molecule has 18 heavy (non-hydrogen) atoms. The van der Waals surface area contributed by atoms with Crippen LogP contribution in [-0.4, -0.2) is 22.5 Å². The molecule has 5 nitrogen and oxygen atoms in total. The molecule has 1 aromatic heterocycles. The Labute approximate surface area is 105 Å². The van der Waals surface area contributed by atoms with Crippen molar-refractivity contribution in [2.45, 2.75) is 13.0 Å². The van der Waals surface area contributed by atoms with Gasteiger partial charge in [0.05, 0.1) is 31.6 Å². The minimum atomic E-state index is -0.0412. The smallest absolute Gasteiger partial charge is 0.223 e. The lowest BCUT2D eigenvalue weighted by Gasteiger charge is -2.06. The zero-order chi connectivity index (χ0) is 12.6. The van der Waals surface area contributed by atoms with E-state index in [2.05, 4.69) is 15.3 Å². The first-order valence-electron chi connectivity index (χ1n) is 5.76. The van der Waals surface area contributed by atoms with Crippen molar-refractivity contribution in [2.24, 2.45) is 0 Å². The third kappa shape index (κ3) is 3.93. The Bertz CT molecular complexity index is 468. The number of hydrogen-bond acceptors (Lipinski definition) is 3. The molecule has 1 heterocycles. The highest BCUT2D eigenvalue weighted by atomic mass is 16.5. The van der Waals surface area contributed by atoms with Crippen LogP contribution in [-0.2, 0) is 11.3 Å². The first-order chi connectivity index (χ1) is 8.84. The fourth-order valence-electron chi connectivity index (χ4n) is 1.44. The van der Waals surface area contributed by atoms with Crippen LogP contribution < -0.4 is 10.1 Å². The maximum Gasteiger partial charge on any atom is 0.223 e. The van der Waals surface area contributed by atoms with Crippen LogP contribution in [0.3, 0.4) is 0 Å². The van der Waals surface area contributed by atoms with E-state index in [-0.39, 0.29) is 5.91 Å². The van der Waals surface area contributed by atoms with Gasteiger partial charge in [0, 0.05) is 6.20 Å². The van der Waals surface area contributed by atoms with Gasteiger partial charge in [-0.15, -0.1) is 0 Å². The third-order valence-corrected chi connectivity index (χ3v) is 2.37. The Morgan fingerprint density at radius 3 is 2.89 bits per heavy atom. The predicted molar refractivity (Wildman–Crippen MR) is 67.0 cm³/mol. The lowest BCUT2D eigenvalue weighted by Crippen LogP contribution is -2.24. The van der Waals surface area contributed by atoms with Crippen molar-refractivity contribution in [1.29, 1.82) is 0 Å². The van der Waals surface area contributed by atoms with Crippen LogP contribution in [0.1, 0.15) is 12.1 Å². The van der Waals surface area contributed by atoms with Crippen LogP contribution in [0.4, 0.5) is 0 Å². The minimum absolute atomic E-state index is 0.0412. The fraction of sp³-hybridized carbons (Fsp3) is 0.231. The molecular formula is C13H15N3O2. The average molecular weight is 245 g/mol. The molecule has 0 saturated carbocycles. The number of aromatic amines is 1. The Morgan fingerprint density at radius 2 is 2.17 bits per heavy atom. The summed E-state index contributed by atoms with van der Waals surface area (Å²) >= 11 is 0. The van der Waals surface area contributed by atoms with Gasteiger partial charge in [0.1, 0.15) is 5.75 Å². The summed E-state index contributed by atoms with van der Waals surface area (Å²) in [6.45, 7) is 0.836. The van der Waals surface area contributed by atoms with Crippen LogP contribution in [0.5, 0.6) is 5.75 Å². The predicted octanol–water partition coefficient (Wildman–Crippen LogP) is 1.49. The minimum Gasteiger partial charge on any atom is -0.493 e. The summed E-state index contributed by atoms with van der Waals surface area (Å²) in [7, 11) is 0. The highest BCUT2D eigenvalue weighted by Gasteiger charge is 2.02. The van der Waals surface area contributed by atoms with Gasteiger partial charge in [0.2, 0.25) is 5.91 Å². The fourth-order valence-corrected chi connectivity index (χ4v) is 1.44. The molecule has 2 rings (SSSR count). The summed E-state index contributed by atoms with van der Waals surface area (Å²) in [5, 5.41) is 2.78. The number of carbonyl (C=O) groups is 1. The van der Waals surface area contributed by atoms with E-state index in [0.717, 1.165) is 11.4 Å². The maximum absolute atomic E-state index is 11.5. The highest BCUT2D eigenvalue weighted by Crippen LogP contribution is 2.08. The van der Waals surface area contributed by atoms with Crippen LogP contribution >= 0.6 is 0 Å². The molecule has 1 amide bonds. The standard InChI is InChI=1S/C13H15N3O2/c17-13(15-9-11-8-14-10-16-11)6-7-18-12-4-2-1-3-5-12/h1-5,8,10H,6-7,9H2,(H,14,16)(H,15,17). The average Bonchev–Trinajstić information content (AvgIpc) is 2.91. The number of H-pyrrole nitrogens is 1. The first-order valence-corrected chi connectivity index (χ1v) is 5.76. The maximum atomic E-state index is 11.5. The summed E-state index contributed by atoms with van der Waals surface area (Å²) in [5.41, 5.74) is 0.882. The third-order valence-electron chi connectivity index (χ3n) is 2.37. The molecule has 0 bridgehead atoms. The number of amides is 1. The number of benzene rings is 1. The van der Waals surface area contributed by atoms with Gasteiger partial charge in [-0.1, -0.05) is 18.2 Å². The summed E-state index contributed by atoms with van der Waals surface area (Å²) in [6.07, 6.45) is 3.60. The number of imidazole rings is 1. The number of hydrogen-bond donors (Lipinski definition) is 2. The Balaban J connectivity index is 1.63. The zero-order valence-corrected chi connectivity index (χ0v) is 9.93. The quantitative estimate of drug-likeness (QED) is 0.810. The van der Waals surface area contributed by atoms with Crippen molar-refractivity contribution in [3.8, 4) is 5.75 Å².